The molecule has 0 unspecified atom stereocenters. The summed E-state index contributed by atoms with van der Waals surface area (Å²) in [6.07, 6.45) is 4.83. The molecule has 0 saturated heterocycles. The number of aliphatic hydroxyl groups is 1. The van der Waals surface area contributed by atoms with Crippen LogP contribution in [0.2, 0.25) is 0 Å². The Kier molecular flexibility index (Phi) is 3.86. The highest BCUT2D eigenvalue weighted by Gasteiger charge is 2.44. The Labute approximate surface area is 136 Å². The van der Waals surface area contributed by atoms with Gasteiger partial charge in [-0.25, -0.2) is 0 Å². The summed E-state index contributed by atoms with van der Waals surface area (Å²) in [5.41, 5.74) is 1.15. The molecule has 1 atom stereocenters. The van der Waals surface area contributed by atoms with Gasteiger partial charge in [0.05, 0.1) is 6.10 Å². The van der Waals surface area contributed by atoms with Gasteiger partial charge in [0.15, 0.2) is 0 Å². The fourth-order valence-electron chi connectivity index (χ4n) is 3.93. The summed E-state index contributed by atoms with van der Waals surface area (Å²) >= 11 is 3.50. The summed E-state index contributed by atoms with van der Waals surface area (Å²) in [5, 5.41) is 10.5. The van der Waals surface area contributed by atoms with Gasteiger partial charge in [-0.05, 0) is 49.1 Å². The lowest BCUT2D eigenvalue weighted by molar-refractivity contribution is -0.0564. The fraction of sp³-hybridized carbons (Fsp3) is 0.667. The van der Waals surface area contributed by atoms with E-state index in [-0.39, 0.29) is 5.60 Å². The lowest BCUT2D eigenvalue weighted by Crippen LogP contribution is -2.45. The van der Waals surface area contributed by atoms with Gasteiger partial charge in [-0.1, -0.05) is 42.8 Å². The molecule has 1 spiro atoms. The van der Waals surface area contributed by atoms with E-state index in [1.807, 2.05) is 18.2 Å². The first-order chi connectivity index (χ1) is 9.79. The molecule has 1 heterocycles. The first-order valence-electron chi connectivity index (χ1n) is 7.96. The van der Waals surface area contributed by atoms with E-state index in [0.29, 0.717) is 5.41 Å². The van der Waals surface area contributed by atoms with E-state index in [1.54, 1.807) is 0 Å². The second-order valence-electron chi connectivity index (χ2n) is 7.83. The minimum absolute atomic E-state index is 0.158. The molecule has 1 aliphatic carbocycles. The van der Waals surface area contributed by atoms with Gasteiger partial charge in [-0.3, -0.25) is 0 Å². The summed E-state index contributed by atoms with van der Waals surface area (Å²) in [4.78, 5) is 0. The van der Waals surface area contributed by atoms with E-state index in [1.165, 1.54) is 12.8 Å². The minimum Gasteiger partial charge on any atom is -0.487 e. The predicted molar refractivity (Wildman–Crippen MR) is 88.5 cm³/mol. The maximum atomic E-state index is 10.5. The highest BCUT2D eigenvalue weighted by molar-refractivity contribution is 9.10. The first kappa shape index (κ1) is 15.4. The van der Waals surface area contributed by atoms with Gasteiger partial charge in [0.1, 0.15) is 11.4 Å². The zero-order valence-corrected chi connectivity index (χ0v) is 14.7. The van der Waals surface area contributed by atoms with Crippen molar-refractivity contribution in [3.63, 3.8) is 0 Å². The van der Waals surface area contributed by atoms with Gasteiger partial charge in [0.25, 0.3) is 0 Å². The molecule has 3 rings (SSSR count). The number of benzene rings is 1. The van der Waals surface area contributed by atoms with Crippen molar-refractivity contribution in [2.75, 3.05) is 0 Å². The van der Waals surface area contributed by atoms with Crippen molar-refractivity contribution in [3.05, 3.63) is 28.2 Å². The van der Waals surface area contributed by atoms with E-state index >= 15 is 0 Å². The highest BCUT2D eigenvalue weighted by Crippen LogP contribution is 2.50. The maximum absolute atomic E-state index is 10.5. The quantitative estimate of drug-likeness (QED) is 0.691. The van der Waals surface area contributed by atoms with Crippen LogP contribution in [-0.2, 0) is 0 Å². The smallest absolute Gasteiger partial charge is 0.127 e. The molecular weight excluding hydrogens is 328 g/mol. The van der Waals surface area contributed by atoms with Crippen LogP contribution >= 0.6 is 15.9 Å². The van der Waals surface area contributed by atoms with Crippen LogP contribution < -0.4 is 4.74 Å². The molecule has 0 amide bonds. The Bertz CT molecular complexity index is 525. The Morgan fingerprint density at radius 2 is 1.90 bits per heavy atom. The van der Waals surface area contributed by atoms with Crippen LogP contribution in [-0.4, -0.2) is 10.7 Å². The zero-order valence-electron chi connectivity index (χ0n) is 13.2. The predicted octanol–water partition coefficient (Wildman–Crippen LogP) is 5.24. The van der Waals surface area contributed by atoms with E-state index < -0.39 is 6.10 Å². The molecule has 2 aliphatic rings. The second kappa shape index (κ2) is 5.27. The molecule has 21 heavy (non-hydrogen) atoms. The summed E-state index contributed by atoms with van der Waals surface area (Å²) in [5.74, 6) is 1.62. The molecule has 0 radical (unpaired) electrons. The van der Waals surface area contributed by atoms with Crippen molar-refractivity contribution in [3.8, 4) is 5.75 Å². The average Bonchev–Trinajstić information content (AvgIpc) is 2.37. The molecule has 1 aromatic rings. The number of hydrogen-bond donors (Lipinski definition) is 1. The Morgan fingerprint density at radius 1 is 1.24 bits per heavy atom. The molecule has 0 bridgehead atoms. The zero-order chi connectivity index (χ0) is 15.3. The Morgan fingerprint density at radius 3 is 2.52 bits per heavy atom. The van der Waals surface area contributed by atoms with Gasteiger partial charge < -0.3 is 9.84 Å². The number of rotatable bonds is 0. The third-order valence-corrected chi connectivity index (χ3v) is 5.84. The van der Waals surface area contributed by atoms with Crippen LogP contribution in [0.15, 0.2) is 22.7 Å². The van der Waals surface area contributed by atoms with Crippen LogP contribution in [0, 0.1) is 11.3 Å². The molecule has 1 fully saturated rings. The summed E-state index contributed by atoms with van der Waals surface area (Å²) in [6.45, 7) is 7.00. The van der Waals surface area contributed by atoms with Crippen LogP contribution in [0.1, 0.15) is 64.5 Å². The fourth-order valence-corrected chi connectivity index (χ4v) is 4.27. The molecular formula is C18H25BrO2. The summed E-state index contributed by atoms with van der Waals surface area (Å²) < 4.78 is 7.39. The standard InChI is InChI=1S/C18H25BrO2/c1-17(2,3)12-6-8-18(9-7-12)11-15(20)14-5-4-13(19)10-16(14)21-18/h4-5,10,12,15,20H,6-9,11H2,1-3H3/t12?,15-,18?/m1/s1. The SMILES string of the molecule is CC(C)(C)C1CCC2(CC1)C[C@@H](O)c1ccc(Br)cc1O2. The first-order valence-corrected chi connectivity index (χ1v) is 8.75. The Balaban J connectivity index is 1.80. The molecule has 1 aliphatic heterocycles. The van der Waals surface area contributed by atoms with Gasteiger partial charge in [0, 0.05) is 16.5 Å². The monoisotopic (exact) mass is 352 g/mol. The van der Waals surface area contributed by atoms with Crippen LogP contribution in [0.3, 0.4) is 0 Å². The maximum Gasteiger partial charge on any atom is 0.127 e. The van der Waals surface area contributed by atoms with Gasteiger partial charge in [-0.2, -0.15) is 0 Å². The van der Waals surface area contributed by atoms with Gasteiger partial charge in [0.2, 0.25) is 0 Å². The second-order valence-corrected chi connectivity index (χ2v) is 8.74. The van der Waals surface area contributed by atoms with E-state index in [0.717, 1.165) is 41.0 Å². The van der Waals surface area contributed by atoms with Crippen molar-refractivity contribution in [2.24, 2.45) is 11.3 Å². The Hall–Kier alpha value is -0.540. The number of halogens is 1. The molecule has 0 aromatic heterocycles. The molecule has 3 heteroatoms. The molecule has 1 saturated carbocycles. The van der Waals surface area contributed by atoms with Crippen molar-refractivity contribution >= 4 is 15.9 Å². The molecule has 116 valence electrons. The number of aliphatic hydroxyl groups excluding tert-OH is 1. The molecule has 1 aromatic carbocycles. The number of hydrogen-bond acceptors (Lipinski definition) is 2. The summed E-state index contributed by atoms with van der Waals surface area (Å²) in [7, 11) is 0. The molecule has 1 N–H and O–H groups in total. The van der Waals surface area contributed by atoms with Gasteiger partial charge >= 0.3 is 0 Å². The largest absolute Gasteiger partial charge is 0.487 e. The van der Waals surface area contributed by atoms with Crippen LogP contribution in [0.4, 0.5) is 0 Å². The van der Waals surface area contributed by atoms with Crippen molar-refractivity contribution in [1.29, 1.82) is 0 Å². The lowest BCUT2D eigenvalue weighted by atomic mass is 9.66. The highest BCUT2D eigenvalue weighted by atomic mass is 79.9. The lowest BCUT2D eigenvalue weighted by Gasteiger charge is -2.47. The normalized spacial score (nSPS) is 32.6. The van der Waals surface area contributed by atoms with Crippen molar-refractivity contribution in [1.82, 2.24) is 0 Å². The summed E-state index contributed by atoms with van der Waals surface area (Å²) in [6, 6.07) is 5.94. The topological polar surface area (TPSA) is 29.5 Å². The van der Waals surface area contributed by atoms with Crippen LogP contribution in [0.5, 0.6) is 5.75 Å². The van der Waals surface area contributed by atoms with Crippen molar-refractivity contribution < 1.29 is 9.84 Å². The third kappa shape index (κ3) is 3.00. The van der Waals surface area contributed by atoms with Gasteiger partial charge in [-0.15, -0.1) is 0 Å². The van der Waals surface area contributed by atoms with Crippen molar-refractivity contribution in [2.45, 2.75) is 64.6 Å². The van der Waals surface area contributed by atoms with E-state index in [9.17, 15) is 5.11 Å². The number of fused-ring (bicyclic) bond motifs is 1. The third-order valence-electron chi connectivity index (χ3n) is 5.35. The average molecular weight is 353 g/mol. The van der Waals surface area contributed by atoms with E-state index in [2.05, 4.69) is 36.7 Å². The number of ether oxygens (including phenoxy) is 1. The van der Waals surface area contributed by atoms with E-state index in [4.69, 9.17) is 4.74 Å². The minimum atomic E-state index is -0.395. The molecule has 2 nitrogen and oxygen atoms in total. The van der Waals surface area contributed by atoms with Crippen LogP contribution in [0.25, 0.3) is 0 Å².